The first-order valence-electron chi connectivity index (χ1n) is 5.63. The molecule has 0 unspecified atom stereocenters. The van der Waals surface area contributed by atoms with Gasteiger partial charge in [0.05, 0.1) is 24.3 Å². The van der Waals surface area contributed by atoms with E-state index in [1.54, 1.807) is 25.1 Å². The van der Waals surface area contributed by atoms with Crippen LogP contribution in [-0.2, 0) is 9.47 Å². The standard InChI is InChI=1S/C13H16O4/c1-3-8-17-13(15)11-7-5-6-10(9-11)12(14)16-4-2/h5-7,9H,3-4,8H2,1-2H3. The highest BCUT2D eigenvalue weighted by Crippen LogP contribution is 2.08. The highest BCUT2D eigenvalue weighted by Gasteiger charge is 2.11. The summed E-state index contributed by atoms with van der Waals surface area (Å²) in [5.74, 6) is -0.851. The molecule has 1 aromatic carbocycles. The van der Waals surface area contributed by atoms with Gasteiger partial charge in [-0.05, 0) is 31.5 Å². The molecular formula is C13H16O4. The van der Waals surface area contributed by atoms with E-state index in [1.165, 1.54) is 6.07 Å². The summed E-state index contributed by atoms with van der Waals surface area (Å²) in [6.45, 7) is 4.34. The Labute approximate surface area is 101 Å². The van der Waals surface area contributed by atoms with E-state index in [1.807, 2.05) is 6.92 Å². The van der Waals surface area contributed by atoms with Gasteiger partial charge in [-0.25, -0.2) is 9.59 Å². The molecule has 0 atom stereocenters. The predicted molar refractivity (Wildman–Crippen MR) is 63.0 cm³/mol. The summed E-state index contributed by atoms with van der Waals surface area (Å²) < 4.78 is 9.83. The summed E-state index contributed by atoms with van der Waals surface area (Å²) in [4.78, 5) is 23.0. The van der Waals surface area contributed by atoms with Gasteiger partial charge in [-0.3, -0.25) is 0 Å². The number of hydrogen-bond acceptors (Lipinski definition) is 4. The maximum absolute atomic E-state index is 11.6. The normalized spacial score (nSPS) is 9.76. The second-order valence-electron chi connectivity index (χ2n) is 3.44. The lowest BCUT2D eigenvalue weighted by Crippen LogP contribution is -2.09. The third-order valence-electron chi connectivity index (χ3n) is 2.05. The van der Waals surface area contributed by atoms with Crippen LogP contribution in [0.5, 0.6) is 0 Å². The molecular weight excluding hydrogens is 220 g/mol. The molecule has 0 radical (unpaired) electrons. The van der Waals surface area contributed by atoms with Crippen LogP contribution < -0.4 is 0 Å². The molecule has 4 nitrogen and oxygen atoms in total. The SMILES string of the molecule is CCCOC(=O)c1cccc(C(=O)OCC)c1. The van der Waals surface area contributed by atoms with Gasteiger partial charge >= 0.3 is 11.9 Å². The Hall–Kier alpha value is -1.84. The van der Waals surface area contributed by atoms with Crippen LogP contribution in [0.2, 0.25) is 0 Å². The molecule has 92 valence electrons. The van der Waals surface area contributed by atoms with Crippen LogP contribution in [0.4, 0.5) is 0 Å². The van der Waals surface area contributed by atoms with E-state index in [4.69, 9.17) is 9.47 Å². The van der Waals surface area contributed by atoms with E-state index >= 15 is 0 Å². The lowest BCUT2D eigenvalue weighted by molar-refractivity contribution is 0.0505. The van der Waals surface area contributed by atoms with Gasteiger partial charge < -0.3 is 9.47 Å². The van der Waals surface area contributed by atoms with Crippen LogP contribution in [0.3, 0.4) is 0 Å². The molecule has 0 amide bonds. The first-order valence-corrected chi connectivity index (χ1v) is 5.63. The minimum absolute atomic E-state index is 0.309. The fourth-order valence-corrected chi connectivity index (χ4v) is 1.27. The van der Waals surface area contributed by atoms with Crippen molar-refractivity contribution in [3.63, 3.8) is 0 Å². The minimum Gasteiger partial charge on any atom is -0.462 e. The average molecular weight is 236 g/mol. The first kappa shape index (κ1) is 13.2. The third kappa shape index (κ3) is 3.90. The average Bonchev–Trinajstić information content (AvgIpc) is 2.36. The Morgan fingerprint density at radius 1 is 1.06 bits per heavy atom. The van der Waals surface area contributed by atoms with Crippen molar-refractivity contribution in [2.75, 3.05) is 13.2 Å². The lowest BCUT2D eigenvalue weighted by atomic mass is 10.1. The zero-order valence-electron chi connectivity index (χ0n) is 10.1. The van der Waals surface area contributed by atoms with Gasteiger partial charge in [0, 0.05) is 0 Å². The maximum Gasteiger partial charge on any atom is 0.338 e. The molecule has 0 fully saturated rings. The van der Waals surface area contributed by atoms with Crippen LogP contribution in [-0.4, -0.2) is 25.2 Å². The fraction of sp³-hybridized carbons (Fsp3) is 0.385. The van der Waals surface area contributed by atoms with E-state index in [0.29, 0.717) is 24.3 Å². The molecule has 0 heterocycles. The van der Waals surface area contributed by atoms with Crippen molar-refractivity contribution in [2.45, 2.75) is 20.3 Å². The molecule has 0 aliphatic rings. The summed E-state index contributed by atoms with van der Waals surface area (Å²) in [5, 5.41) is 0. The van der Waals surface area contributed by atoms with Crippen molar-refractivity contribution in [1.29, 1.82) is 0 Å². The molecule has 17 heavy (non-hydrogen) atoms. The van der Waals surface area contributed by atoms with Crippen LogP contribution >= 0.6 is 0 Å². The molecule has 0 saturated carbocycles. The maximum atomic E-state index is 11.6. The zero-order chi connectivity index (χ0) is 12.7. The van der Waals surface area contributed by atoms with Gasteiger partial charge in [-0.2, -0.15) is 0 Å². The lowest BCUT2D eigenvalue weighted by Gasteiger charge is -2.05. The summed E-state index contributed by atoms with van der Waals surface area (Å²) in [7, 11) is 0. The number of carbonyl (C=O) groups excluding carboxylic acids is 2. The van der Waals surface area contributed by atoms with Gasteiger partial charge in [0.15, 0.2) is 0 Å². The van der Waals surface area contributed by atoms with Gasteiger partial charge in [0.2, 0.25) is 0 Å². The first-order chi connectivity index (χ1) is 8.19. The summed E-state index contributed by atoms with van der Waals surface area (Å²) >= 11 is 0. The molecule has 0 N–H and O–H groups in total. The summed E-state index contributed by atoms with van der Waals surface area (Å²) in [5.41, 5.74) is 0.724. The smallest absolute Gasteiger partial charge is 0.338 e. The highest BCUT2D eigenvalue weighted by molar-refractivity contribution is 5.95. The molecule has 1 rings (SSSR count). The number of carbonyl (C=O) groups is 2. The van der Waals surface area contributed by atoms with Crippen molar-refractivity contribution >= 4 is 11.9 Å². The third-order valence-corrected chi connectivity index (χ3v) is 2.05. The highest BCUT2D eigenvalue weighted by atomic mass is 16.5. The topological polar surface area (TPSA) is 52.6 Å². The summed E-state index contributed by atoms with van der Waals surface area (Å²) in [6, 6.07) is 6.33. The van der Waals surface area contributed by atoms with Crippen molar-refractivity contribution in [1.82, 2.24) is 0 Å². The second kappa shape index (κ2) is 6.68. The Morgan fingerprint density at radius 3 is 2.18 bits per heavy atom. The molecule has 0 saturated heterocycles. The quantitative estimate of drug-likeness (QED) is 0.737. The van der Waals surface area contributed by atoms with Crippen molar-refractivity contribution < 1.29 is 19.1 Å². The van der Waals surface area contributed by atoms with Gasteiger partial charge in [-0.15, -0.1) is 0 Å². The molecule has 0 spiro atoms. The number of benzene rings is 1. The van der Waals surface area contributed by atoms with E-state index < -0.39 is 11.9 Å². The van der Waals surface area contributed by atoms with Gasteiger partial charge in [-0.1, -0.05) is 13.0 Å². The fourth-order valence-electron chi connectivity index (χ4n) is 1.27. The Morgan fingerprint density at radius 2 is 1.65 bits per heavy atom. The Balaban J connectivity index is 2.78. The largest absolute Gasteiger partial charge is 0.462 e. The predicted octanol–water partition coefficient (Wildman–Crippen LogP) is 2.43. The van der Waals surface area contributed by atoms with Crippen LogP contribution in [0.1, 0.15) is 41.0 Å². The van der Waals surface area contributed by atoms with Gasteiger partial charge in [0.1, 0.15) is 0 Å². The van der Waals surface area contributed by atoms with E-state index in [0.717, 1.165) is 6.42 Å². The zero-order valence-corrected chi connectivity index (χ0v) is 10.1. The molecule has 4 heteroatoms. The number of esters is 2. The molecule has 0 bridgehead atoms. The number of hydrogen-bond donors (Lipinski definition) is 0. The van der Waals surface area contributed by atoms with Gasteiger partial charge in [0.25, 0.3) is 0 Å². The monoisotopic (exact) mass is 236 g/mol. The van der Waals surface area contributed by atoms with Crippen molar-refractivity contribution in [3.05, 3.63) is 35.4 Å². The number of rotatable bonds is 5. The van der Waals surface area contributed by atoms with E-state index in [2.05, 4.69) is 0 Å². The minimum atomic E-state index is -0.433. The molecule has 0 aromatic heterocycles. The van der Waals surface area contributed by atoms with Crippen molar-refractivity contribution in [2.24, 2.45) is 0 Å². The molecule has 1 aromatic rings. The Bertz CT molecular complexity index is 398. The van der Waals surface area contributed by atoms with Crippen LogP contribution in [0.15, 0.2) is 24.3 Å². The molecule has 0 aliphatic heterocycles. The number of ether oxygens (including phenoxy) is 2. The van der Waals surface area contributed by atoms with Crippen molar-refractivity contribution in [3.8, 4) is 0 Å². The van der Waals surface area contributed by atoms with E-state index in [-0.39, 0.29) is 0 Å². The molecule has 0 aliphatic carbocycles. The second-order valence-corrected chi connectivity index (χ2v) is 3.44. The summed E-state index contributed by atoms with van der Waals surface area (Å²) in [6.07, 6.45) is 0.767. The van der Waals surface area contributed by atoms with E-state index in [9.17, 15) is 9.59 Å². The van der Waals surface area contributed by atoms with Crippen LogP contribution in [0, 0.1) is 0 Å². The van der Waals surface area contributed by atoms with Crippen LogP contribution in [0.25, 0.3) is 0 Å². The Kier molecular flexibility index (Phi) is 5.20.